The van der Waals surface area contributed by atoms with Gasteiger partial charge in [-0.25, -0.2) is 0 Å². The van der Waals surface area contributed by atoms with E-state index in [4.69, 9.17) is 16.7 Å². The van der Waals surface area contributed by atoms with Crippen LogP contribution in [0.5, 0.6) is 0 Å². The summed E-state index contributed by atoms with van der Waals surface area (Å²) in [7, 11) is 0. The van der Waals surface area contributed by atoms with Crippen molar-refractivity contribution in [3.63, 3.8) is 0 Å². The summed E-state index contributed by atoms with van der Waals surface area (Å²) in [5, 5.41) is 8.95. The zero-order valence-electron chi connectivity index (χ0n) is 8.73. The predicted molar refractivity (Wildman–Crippen MR) is 65.2 cm³/mol. The number of halogens is 1. The fourth-order valence-electron chi connectivity index (χ4n) is 1.52. The molecule has 0 unspecified atom stereocenters. The first-order valence-corrected chi connectivity index (χ1v) is 5.57. The summed E-state index contributed by atoms with van der Waals surface area (Å²) in [6.07, 6.45) is 3.57. The van der Waals surface area contributed by atoms with Gasteiger partial charge in [-0.3, -0.25) is 4.98 Å². The van der Waals surface area contributed by atoms with Crippen LogP contribution >= 0.6 is 11.6 Å². The molecule has 2 aromatic rings. The molecule has 0 saturated heterocycles. The average Bonchev–Trinajstić information content (AvgIpc) is 2.39. The van der Waals surface area contributed by atoms with E-state index in [0.717, 1.165) is 22.3 Å². The molecule has 0 amide bonds. The van der Waals surface area contributed by atoms with Crippen molar-refractivity contribution in [1.82, 2.24) is 4.98 Å². The van der Waals surface area contributed by atoms with Gasteiger partial charge in [-0.15, -0.1) is 11.6 Å². The Morgan fingerprint density at radius 1 is 1.00 bits per heavy atom. The van der Waals surface area contributed by atoms with E-state index in [0.29, 0.717) is 5.88 Å². The third-order valence-electron chi connectivity index (χ3n) is 2.42. The van der Waals surface area contributed by atoms with E-state index >= 15 is 0 Å². The van der Waals surface area contributed by atoms with Gasteiger partial charge in [-0.1, -0.05) is 24.3 Å². The molecule has 82 valence electrons. The lowest BCUT2D eigenvalue weighted by molar-refractivity contribution is 0.282. The zero-order valence-corrected chi connectivity index (χ0v) is 9.48. The molecule has 0 atom stereocenters. The molecule has 3 heteroatoms. The van der Waals surface area contributed by atoms with Crippen LogP contribution in [0.4, 0.5) is 0 Å². The molecule has 16 heavy (non-hydrogen) atoms. The Balaban J connectivity index is 2.34. The molecule has 0 radical (unpaired) electrons. The monoisotopic (exact) mass is 233 g/mol. The number of rotatable bonds is 3. The third-order valence-corrected chi connectivity index (χ3v) is 2.73. The second-order valence-corrected chi connectivity index (χ2v) is 3.84. The van der Waals surface area contributed by atoms with Gasteiger partial charge in [-0.2, -0.15) is 0 Å². The predicted octanol–water partition coefficient (Wildman–Crippen LogP) is 2.98. The van der Waals surface area contributed by atoms with Gasteiger partial charge >= 0.3 is 0 Å². The SMILES string of the molecule is OCc1ccc(-c2cncc(CCl)c2)cc1. The average molecular weight is 234 g/mol. The van der Waals surface area contributed by atoms with Crippen LogP contribution in [0.25, 0.3) is 11.1 Å². The maximum atomic E-state index is 8.95. The Hall–Kier alpha value is -1.38. The fourth-order valence-corrected chi connectivity index (χ4v) is 1.67. The molecule has 0 aliphatic heterocycles. The van der Waals surface area contributed by atoms with Gasteiger partial charge in [0.2, 0.25) is 0 Å². The number of hydrogen-bond acceptors (Lipinski definition) is 2. The van der Waals surface area contributed by atoms with Gasteiger partial charge in [0.1, 0.15) is 0 Å². The minimum Gasteiger partial charge on any atom is -0.392 e. The highest BCUT2D eigenvalue weighted by atomic mass is 35.5. The molecule has 1 aromatic carbocycles. The van der Waals surface area contributed by atoms with Gasteiger partial charge in [0.25, 0.3) is 0 Å². The van der Waals surface area contributed by atoms with Crippen LogP contribution in [0.15, 0.2) is 42.7 Å². The maximum absolute atomic E-state index is 8.95. The topological polar surface area (TPSA) is 33.1 Å². The molecule has 0 spiro atoms. The van der Waals surface area contributed by atoms with Crippen molar-refractivity contribution in [2.75, 3.05) is 0 Å². The highest BCUT2D eigenvalue weighted by Gasteiger charge is 1.99. The fraction of sp³-hybridized carbons (Fsp3) is 0.154. The third kappa shape index (κ3) is 2.40. The number of hydrogen-bond donors (Lipinski definition) is 1. The van der Waals surface area contributed by atoms with E-state index in [2.05, 4.69) is 4.98 Å². The smallest absolute Gasteiger partial charge is 0.0681 e. The molecule has 1 N–H and O–H groups in total. The van der Waals surface area contributed by atoms with Crippen LogP contribution in [-0.2, 0) is 12.5 Å². The Morgan fingerprint density at radius 2 is 1.75 bits per heavy atom. The van der Waals surface area contributed by atoms with Gasteiger partial charge in [0.15, 0.2) is 0 Å². The summed E-state index contributed by atoms with van der Waals surface area (Å²) < 4.78 is 0. The van der Waals surface area contributed by atoms with Crippen molar-refractivity contribution in [2.24, 2.45) is 0 Å². The van der Waals surface area contributed by atoms with Crippen molar-refractivity contribution >= 4 is 11.6 Å². The number of benzene rings is 1. The summed E-state index contributed by atoms with van der Waals surface area (Å²) in [5.74, 6) is 0.468. The van der Waals surface area contributed by atoms with Crippen LogP contribution in [0.2, 0.25) is 0 Å². The van der Waals surface area contributed by atoms with Crippen LogP contribution in [0.1, 0.15) is 11.1 Å². The van der Waals surface area contributed by atoms with E-state index < -0.39 is 0 Å². The summed E-state index contributed by atoms with van der Waals surface area (Å²) in [6, 6.07) is 9.78. The van der Waals surface area contributed by atoms with E-state index in [-0.39, 0.29) is 6.61 Å². The van der Waals surface area contributed by atoms with Gasteiger partial charge < -0.3 is 5.11 Å². The first-order chi connectivity index (χ1) is 7.83. The molecule has 1 heterocycles. The van der Waals surface area contributed by atoms with Crippen LogP contribution < -0.4 is 0 Å². The quantitative estimate of drug-likeness (QED) is 0.827. The maximum Gasteiger partial charge on any atom is 0.0681 e. The molecule has 2 rings (SSSR count). The Labute approximate surface area is 99.5 Å². The molecule has 0 fully saturated rings. The van der Waals surface area contributed by atoms with Crippen molar-refractivity contribution in [3.8, 4) is 11.1 Å². The van der Waals surface area contributed by atoms with Crippen molar-refractivity contribution < 1.29 is 5.11 Å². The first-order valence-electron chi connectivity index (χ1n) is 5.03. The standard InChI is InChI=1S/C13H12ClNO/c14-6-11-5-13(8-15-7-11)12-3-1-10(9-16)2-4-12/h1-5,7-8,16H,6,9H2. The molecule has 0 aliphatic rings. The van der Waals surface area contributed by atoms with Gasteiger partial charge in [0, 0.05) is 23.8 Å². The van der Waals surface area contributed by atoms with E-state index in [1.165, 1.54) is 0 Å². The van der Waals surface area contributed by atoms with Crippen LogP contribution in [-0.4, -0.2) is 10.1 Å². The number of aromatic nitrogens is 1. The van der Waals surface area contributed by atoms with Crippen LogP contribution in [0.3, 0.4) is 0 Å². The van der Waals surface area contributed by atoms with E-state index in [9.17, 15) is 0 Å². The minimum absolute atomic E-state index is 0.0697. The van der Waals surface area contributed by atoms with Crippen LogP contribution in [0, 0.1) is 0 Å². The molecular weight excluding hydrogens is 222 g/mol. The summed E-state index contributed by atoms with van der Waals surface area (Å²) in [6.45, 7) is 0.0697. The Bertz CT molecular complexity index is 468. The van der Waals surface area contributed by atoms with Crippen molar-refractivity contribution in [3.05, 3.63) is 53.9 Å². The molecule has 0 bridgehead atoms. The molecule has 2 nitrogen and oxygen atoms in total. The van der Waals surface area contributed by atoms with Gasteiger partial charge in [0.05, 0.1) is 6.61 Å². The molecule has 0 aliphatic carbocycles. The largest absolute Gasteiger partial charge is 0.392 e. The number of aliphatic hydroxyl groups is 1. The van der Waals surface area contributed by atoms with Crippen molar-refractivity contribution in [1.29, 1.82) is 0 Å². The molecule has 1 aromatic heterocycles. The highest BCUT2D eigenvalue weighted by molar-refractivity contribution is 6.17. The Morgan fingerprint density at radius 3 is 2.38 bits per heavy atom. The lowest BCUT2D eigenvalue weighted by Crippen LogP contribution is -1.86. The number of nitrogens with zero attached hydrogens (tertiary/aromatic N) is 1. The molecular formula is C13H12ClNO. The van der Waals surface area contributed by atoms with Gasteiger partial charge in [-0.05, 0) is 22.8 Å². The van der Waals surface area contributed by atoms with Crippen molar-refractivity contribution in [2.45, 2.75) is 12.5 Å². The number of aliphatic hydroxyl groups excluding tert-OH is 1. The highest BCUT2D eigenvalue weighted by Crippen LogP contribution is 2.20. The number of pyridine rings is 1. The Kier molecular flexibility index (Phi) is 3.54. The van der Waals surface area contributed by atoms with E-state index in [1.54, 1.807) is 6.20 Å². The second kappa shape index (κ2) is 5.10. The minimum atomic E-state index is 0.0697. The summed E-state index contributed by atoms with van der Waals surface area (Å²) in [4.78, 5) is 4.14. The second-order valence-electron chi connectivity index (χ2n) is 3.57. The lowest BCUT2D eigenvalue weighted by Gasteiger charge is -2.04. The normalized spacial score (nSPS) is 10.4. The first kappa shape index (κ1) is 11.1. The van der Waals surface area contributed by atoms with E-state index in [1.807, 2.05) is 36.5 Å². The summed E-state index contributed by atoms with van der Waals surface area (Å²) >= 11 is 5.76. The molecule has 0 saturated carbocycles. The number of alkyl halides is 1. The zero-order chi connectivity index (χ0) is 11.4. The lowest BCUT2D eigenvalue weighted by atomic mass is 10.0. The summed E-state index contributed by atoms with van der Waals surface area (Å²) in [5.41, 5.74) is 4.04.